The topological polar surface area (TPSA) is 30.3 Å². The van der Waals surface area contributed by atoms with E-state index in [9.17, 15) is 5.26 Å². The van der Waals surface area contributed by atoms with E-state index >= 15 is 0 Å². The van der Waals surface area contributed by atoms with Crippen molar-refractivity contribution in [2.75, 3.05) is 32.7 Å². The van der Waals surface area contributed by atoms with E-state index in [1.807, 2.05) is 6.07 Å². The Hall–Kier alpha value is -2.41. The molecule has 1 saturated carbocycles. The molecule has 2 aromatic carbocycles. The summed E-state index contributed by atoms with van der Waals surface area (Å²) in [4.78, 5) is 5.13. The van der Waals surface area contributed by atoms with Gasteiger partial charge in [0.15, 0.2) is 0 Å². The minimum absolute atomic E-state index is 0.339. The Morgan fingerprint density at radius 2 is 1.62 bits per heavy atom. The lowest BCUT2D eigenvalue weighted by atomic mass is 9.66. The fraction of sp³-hybridized carbons (Fsp3) is 0.423. The van der Waals surface area contributed by atoms with Crippen LogP contribution < -0.4 is 0 Å². The van der Waals surface area contributed by atoms with Gasteiger partial charge < -0.3 is 0 Å². The highest BCUT2D eigenvalue weighted by Gasteiger charge is 2.45. The van der Waals surface area contributed by atoms with Gasteiger partial charge in [0.25, 0.3) is 0 Å². The third-order valence-electron chi connectivity index (χ3n) is 6.68. The minimum atomic E-state index is -0.352. The molecule has 0 spiro atoms. The predicted octanol–water partition coefficient (Wildman–Crippen LogP) is 4.72. The van der Waals surface area contributed by atoms with Gasteiger partial charge in [0.1, 0.15) is 0 Å². The van der Waals surface area contributed by atoms with E-state index in [4.69, 9.17) is 0 Å². The molecule has 3 nitrogen and oxygen atoms in total. The molecule has 4 rings (SSSR count). The molecular weight excluding hydrogens is 354 g/mol. The van der Waals surface area contributed by atoms with Crippen LogP contribution in [0.2, 0.25) is 0 Å². The molecule has 2 atom stereocenters. The Morgan fingerprint density at radius 3 is 2.31 bits per heavy atom. The first kappa shape index (κ1) is 19.9. The Morgan fingerprint density at radius 1 is 0.931 bits per heavy atom. The van der Waals surface area contributed by atoms with E-state index in [1.54, 1.807) is 0 Å². The summed E-state index contributed by atoms with van der Waals surface area (Å²) in [5.74, 6) is 0. The summed E-state index contributed by atoms with van der Waals surface area (Å²) >= 11 is 0. The monoisotopic (exact) mass is 385 g/mol. The highest BCUT2D eigenvalue weighted by molar-refractivity contribution is 5.48. The van der Waals surface area contributed by atoms with Gasteiger partial charge in [0, 0.05) is 38.8 Å². The highest BCUT2D eigenvalue weighted by atomic mass is 15.3. The SMILES string of the molecule is N#CC1(c2ccccc2)CCCCC1N1CCN(CC=Cc2ccccc2)CC1. The summed E-state index contributed by atoms with van der Waals surface area (Å²) in [5, 5.41) is 10.3. The van der Waals surface area contributed by atoms with Gasteiger partial charge in [-0.2, -0.15) is 5.26 Å². The molecule has 0 N–H and O–H groups in total. The van der Waals surface area contributed by atoms with E-state index in [0.717, 1.165) is 52.0 Å². The van der Waals surface area contributed by atoms with E-state index in [-0.39, 0.29) is 5.41 Å². The second-order valence-corrected chi connectivity index (χ2v) is 8.36. The zero-order chi connectivity index (χ0) is 19.9. The first-order valence-corrected chi connectivity index (χ1v) is 11.0. The Labute approximate surface area is 175 Å². The van der Waals surface area contributed by atoms with Crippen molar-refractivity contribution in [3.63, 3.8) is 0 Å². The Kier molecular flexibility index (Phi) is 6.44. The number of nitrogens with zero attached hydrogens (tertiary/aromatic N) is 3. The van der Waals surface area contributed by atoms with Gasteiger partial charge >= 0.3 is 0 Å². The van der Waals surface area contributed by atoms with Crippen LogP contribution in [-0.2, 0) is 5.41 Å². The maximum atomic E-state index is 10.3. The molecule has 2 fully saturated rings. The molecule has 2 unspecified atom stereocenters. The number of benzene rings is 2. The number of nitriles is 1. The first-order chi connectivity index (χ1) is 14.3. The lowest BCUT2D eigenvalue weighted by Gasteiger charge is -2.48. The normalized spacial score (nSPS) is 26.4. The molecule has 0 amide bonds. The summed E-state index contributed by atoms with van der Waals surface area (Å²) in [6, 6.07) is 24.1. The average molecular weight is 386 g/mol. The third kappa shape index (κ3) is 4.45. The standard InChI is InChI=1S/C26H31N3/c27-22-26(24-13-5-2-6-14-24)16-8-7-15-25(26)29-20-18-28(19-21-29)17-9-12-23-10-3-1-4-11-23/h1-6,9-14,25H,7-8,15-21H2. The van der Waals surface area contributed by atoms with Crippen LogP contribution in [0.1, 0.15) is 36.8 Å². The molecule has 1 saturated heterocycles. The van der Waals surface area contributed by atoms with Gasteiger partial charge in [-0.1, -0.05) is 85.7 Å². The van der Waals surface area contributed by atoms with Crippen LogP contribution >= 0.6 is 0 Å². The average Bonchev–Trinajstić information content (AvgIpc) is 2.81. The molecule has 2 aromatic rings. The van der Waals surface area contributed by atoms with Crippen LogP contribution in [0.5, 0.6) is 0 Å². The molecule has 3 heteroatoms. The van der Waals surface area contributed by atoms with Crippen molar-refractivity contribution < 1.29 is 0 Å². The number of rotatable bonds is 5. The van der Waals surface area contributed by atoms with E-state index in [0.29, 0.717) is 6.04 Å². The molecule has 1 heterocycles. The smallest absolute Gasteiger partial charge is 0.0976 e. The van der Waals surface area contributed by atoms with Gasteiger partial charge in [0.2, 0.25) is 0 Å². The van der Waals surface area contributed by atoms with Crippen molar-refractivity contribution >= 4 is 6.08 Å². The van der Waals surface area contributed by atoms with Crippen LogP contribution in [-0.4, -0.2) is 48.6 Å². The molecule has 150 valence electrons. The van der Waals surface area contributed by atoms with E-state index in [1.165, 1.54) is 17.5 Å². The van der Waals surface area contributed by atoms with Crippen molar-refractivity contribution in [2.24, 2.45) is 0 Å². The molecule has 1 aliphatic carbocycles. The molecule has 0 aromatic heterocycles. The maximum absolute atomic E-state index is 10.3. The second-order valence-electron chi connectivity index (χ2n) is 8.36. The van der Waals surface area contributed by atoms with Crippen LogP contribution in [0.15, 0.2) is 66.7 Å². The fourth-order valence-electron chi connectivity index (χ4n) is 5.08. The van der Waals surface area contributed by atoms with Crippen molar-refractivity contribution in [1.29, 1.82) is 5.26 Å². The number of hydrogen-bond donors (Lipinski definition) is 0. The summed E-state index contributed by atoms with van der Waals surface area (Å²) in [5.41, 5.74) is 2.12. The van der Waals surface area contributed by atoms with Crippen LogP contribution in [0.3, 0.4) is 0 Å². The van der Waals surface area contributed by atoms with Gasteiger partial charge in [-0.25, -0.2) is 0 Å². The van der Waals surface area contributed by atoms with Crippen molar-refractivity contribution in [3.8, 4) is 6.07 Å². The largest absolute Gasteiger partial charge is 0.297 e. The van der Waals surface area contributed by atoms with Gasteiger partial charge in [-0.3, -0.25) is 9.80 Å². The Bertz CT molecular complexity index is 831. The zero-order valence-corrected chi connectivity index (χ0v) is 17.2. The zero-order valence-electron chi connectivity index (χ0n) is 17.2. The fourth-order valence-corrected chi connectivity index (χ4v) is 5.08. The van der Waals surface area contributed by atoms with Crippen LogP contribution in [0.4, 0.5) is 0 Å². The quantitative estimate of drug-likeness (QED) is 0.746. The lowest BCUT2D eigenvalue weighted by Crippen LogP contribution is -2.57. The Balaban J connectivity index is 1.39. The van der Waals surface area contributed by atoms with E-state index in [2.05, 4.69) is 82.6 Å². The summed E-state index contributed by atoms with van der Waals surface area (Å²) in [7, 11) is 0. The summed E-state index contributed by atoms with van der Waals surface area (Å²) < 4.78 is 0. The molecule has 0 bridgehead atoms. The summed E-state index contributed by atoms with van der Waals surface area (Å²) in [6.07, 6.45) is 9.00. The lowest BCUT2D eigenvalue weighted by molar-refractivity contribution is 0.0545. The number of piperazine rings is 1. The predicted molar refractivity (Wildman–Crippen MR) is 119 cm³/mol. The number of hydrogen-bond acceptors (Lipinski definition) is 3. The first-order valence-electron chi connectivity index (χ1n) is 11.0. The van der Waals surface area contributed by atoms with Crippen molar-refractivity contribution in [1.82, 2.24) is 9.80 Å². The molecule has 2 aliphatic rings. The summed E-state index contributed by atoms with van der Waals surface area (Å²) in [6.45, 7) is 5.26. The van der Waals surface area contributed by atoms with Crippen LogP contribution in [0.25, 0.3) is 6.08 Å². The van der Waals surface area contributed by atoms with Crippen LogP contribution in [0, 0.1) is 11.3 Å². The second kappa shape index (κ2) is 9.39. The molecular formula is C26H31N3. The molecule has 0 radical (unpaired) electrons. The molecule has 29 heavy (non-hydrogen) atoms. The van der Waals surface area contributed by atoms with Crippen molar-refractivity contribution in [3.05, 3.63) is 77.9 Å². The third-order valence-corrected chi connectivity index (χ3v) is 6.68. The highest BCUT2D eigenvalue weighted by Crippen LogP contribution is 2.42. The maximum Gasteiger partial charge on any atom is 0.0976 e. The minimum Gasteiger partial charge on any atom is -0.297 e. The van der Waals surface area contributed by atoms with Crippen molar-refractivity contribution in [2.45, 2.75) is 37.1 Å². The van der Waals surface area contributed by atoms with Gasteiger partial charge in [-0.15, -0.1) is 0 Å². The van der Waals surface area contributed by atoms with Gasteiger partial charge in [-0.05, 0) is 24.0 Å². The van der Waals surface area contributed by atoms with E-state index < -0.39 is 0 Å². The molecule has 1 aliphatic heterocycles. The van der Waals surface area contributed by atoms with Gasteiger partial charge in [0.05, 0.1) is 11.5 Å².